The van der Waals surface area contributed by atoms with Gasteiger partial charge < -0.3 is 20.3 Å². The zero-order chi connectivity index (χ0) is 15.1. The summed E-state index contributed by atoms with van der Waals surface area (Å²) in [6, 6.07) is 1.54. The molecule has 7 heteroatoms. The molecule has 0 aromatic carbocycles. The largest absolute Gasteiger partial charge is 0.478 e. The Hall–Kier alpha value is -1.89. The molecule has 7 nitrogen and oxygen atoms in total. The minimum Gasteiger partial charge on any atom is -0.478 e. The quantitative estimate of drug-likeness (QED) is 0.779. The van der Waals surface area contributed by atoms with Crippen LogP contribution in [0, 0.1) is 0 Å². The summed E-state index contributed by atoms with van der Waals surface area (Å²) in [6.45, 7) is 7.37. The van der Waals surface area contributed by atoms with E-state index in [9.17, 15) is 4.79 Å². The summed E-state index contributed by atoms with van der Waals surface area (Å²) in [4.78, 5) is 22.6. The van der Waals surface area contributed by atoms with Crippen molar-refractivity contribution in [2.75, 3.05) is 37.7 Å². The Balaban J connectivity index is 2.14. The maximum absolute atomic E-state index is 12.2. The number of hydrogen-bond donors (Lipinski definition) is 2. The van der Waals surface area contributed by atoms with Crippen molar-refractivity contribution in [3.8, 4) is 5.88 Å². The van der Waals surface area contributed by atoms with Crippen molar-refractivity contribution in [3.63, 3.8) is 0 Å². The SMILES string of the molecule is CCCOc1cc(N2CCNCC2C(=O)NCC)ncn1. The minimum atomic E-state index is -0.257. The summed E-state index contributed by atoms with van der Waals surface area (Å²) in [5.74, 6) is 1.29. The van der Waals surface area contributed by atoms with Crippen LogP contribution in [-0.4, -0.2) is 54.7 Å². The number of hydrogen-bond acceptors (Lipinski definition) is 6. The molecule has 1 atom stereocenters. The highest BCUT2D eigenvalue weighted by Crippen LogP contribution is 2.19. The first-order valence-corrected chi connectivity index (χ1v) is 7.46. The number of nitrogens with one attached hydrogen (secondary N) is 2. The summed E-state index contributed by atoms with van der Waals surface area (Å²) >= 11 is 0. The average molecular weight is 293 g/mol. The molecule has 1 amide bonds. The summed E-state index contributed by atoms with van der Waals surface area (Å²) in [5, 5.41) is 6.11. The number of rotatable bonds is 6. The van der Waals surface area contributed by atoms with Gasteiger partial charge in [0.1, 0.15) is 18.2 Å². The zero-order valence-electron chi connectivity index (χ0n) is 12.6. The van der Waals surface area contributed by atoms with Gasteiger partial charge in [0.05, 0.1) is 6.61 Å². The third-order valence-corrected chi connectivity index (χ3v) is 3.27. The molecule has 2 heterocycles. The molecule has 1 unspecified atom stereocenters. The normalized spacial score (nSPS) is 18.4. The lowest BCUT2D eigenvalue weighted by Gasteiger charge is -2.35. The number of carbonyl (C=O) groups excluding carboxylic acids is 1. The lowest BCUT2D eigenvalue weighted by Crippen LogP contribution is -2.58. The Morgan fingerprint density at radius 3 is 3.14 bits per heavy atom. The third kappa shape index (κ3) is 4.04. The Labute approximate surface area is 125 Å². The molecule has 0 bridgehead atoms. The second-order valence-corrected chi connectivity index (χ2v) is 4.87. The smallest absolute Gasteiger partial charge is 0.244 e. The van der Waals surface area contributed by atoms with Crippen LogP contribution in [0.2, 0.25) is 0 Å². The highest BCUT2D eigenvalue weighted by molar-refractivity contribution is 5.85. The van der Waals surface area contributed by atoms with Crippen molar-refractivity contribution >= 4 is 11.7 Å². The molecule has 116 valence electrons. The maximum atomic E-state index is 12.2. The van der Waals surface area contributed by atoms with Gasteiger partial charge in [-0.05, 0) is 13.3 Å². The predicted molar refractivity (Wildman–Crippen MR) is 80.5 cm³/mol. The minimum absolute atomic E-state index is 0.0133. The number of likely N-dealkylation sites (N-methyl/N-ethyl adjacent to an activating group) is 1. The van der Waals surface area contributed by atoms with Crippen molar-refractivity contribution in [2.45, 2.75) is 26.3 Å². The van der Waals surface area contributed by atoms with Crippen molar-refractivity contribution in [1.29, 1.82) is 0 Å². The van der Waals surface area contributed by atoms with E-state index in [1.165, 1.54) is 6.33 Å². The molecule has 0 radical (unpaired) electrons. The predicted octanol–water partition coefficient (Wildman–Crippen LogP) is 0.180. The number of amides is 1. The molecule has 1 aromatic rings. The van der Waals surface area contributed by atoms with Crippen LogP contribution in [-0.2, 0) is 4.79 Å². The van der Waals surface area contributed by atoms with Crippen molar-refractivity contribution in [1.82, 2.24) is 20.6 Å². The van der Waals surface area contributed by atoms with Gasteiger partial charge in [0, 0.05) is 32.2 Å². The number of nitrogens with zero attached hydrogens (tertiary/aromatic N) is 3. The van der Waals surface area contributed by atoms with Gasteiger partial charge >= 0.3 is 0 Å². The number of aromatic nitrogens is 2. The number of ether oxygens (including phenoxy) is 1. The highest BCUT2D eigenvalue weighted by atomic mass is 16.5. The monoisotopic (exact) mass is 293 g/mol. The molecule has 0 spiro atoms. The molecular weight excluding hydrogens is 270 g/mol. The fourth-order valence-electron chi connectivity index (χ4n) is 2.28. The second-order valence-electron chi connectivity index (χ2n) is 4.87. The average Bonchev–Trinajstić information content (AvgIpc) is 2.53. The van der Waals surface area contributed by atoms with Gasteiger partial charge in [-0.1, -0.05) is 6.92 Å². The third-order valence-electron chi connectivity index (χ3n) is 3.27. The Morgan fingerprint density at radius 2 is 2.38 bits per heavy atom. The van der Waals surface area contributed by atoms with Gasteiger partial charge in [-0.25, -0.2) is 9.97 Å². The van der Waals surface area contributed by atoms with E-state index in [0.717, 1.165) is 25.3 Å². The number of carbonyl (C=O) groups is 1. The van der Waals surface area contributed by atoms with E-state index in [-0.39, 0.29) is 11.9 Å². The molecule has 1 aliphatic rings. The zero-order valence-corrected chi connectivity index (χ0v) is 12.6. The topological polar surface area (TPSA) is 79.4 Å². The molecule has 2 rings (SSSR count). The number of piperazine rings is 1. The Bertz CT molecular complexity index is 468. The van der Waals surface area contributed by atoms with Crippen LogP contribution in [0.25, 0.3) is 0 Å². The first kappa shape index (κ1) is 15.5. The van der Waals surface area contributed by atoms with E-state index in [0.29, 0.717) is 25.6 Å². The molecule has 1 fully saturated rings. The summed E-state index contributed by atoms with van der Waals surface area (Å²) < 4.78 is 5.54. The van der Waals surface area contributed by atoms with E-state index < -0.39 is 0 Å². The van der Waals surface area contributed by atoms with Gasteiger partial charge in [0.2, 0.25) is 11.8 Å². The molecule has 1 saturated heterocycles. The van der Waals surface area contributed by atoms with Crippen LogP contribution in [0.1, 0.15) is 20.3 Å². The summed E-state index contributed by atoms with van der Waals surface area (Å²) in [5.41, 5.74) is 0. The Kier molecular flexibility index (Phi) is 5.74. The standard InChI is InChI=1S/C14H23N5O2/c1-3-7-21-13-8-12(17-10-18-13)19-6-5-15-9-11(19)14(20)16-4-2/h8,10-11,15H,3-7,9H2,1-2H3,(H,16,20). The van der Waals surface area contributed by atoms with Gasteiger partial charge in [-0.3, -0.25) is 4.79 Å². The van der Waals surface area contributed by atoms with Gasteiger partial charge in [0.25, 0.3) is 0 Å². The molecule has 21 heavy (non-hydrogen) atoms. The van der Waals surface area contributed by atoms with Crippen LogP contribution in [0.3, 0.4) is 0 Å². The van der Waals surface area contributed by atoms with Gasteiger partial charge in [-0.15, -0.1) is 0 Å². The summed E-state index contributed by atoms with van der Waals surface area (Å²) in [6.07, 6.45) is 2.41. The van der Waals surface area contributed by atoms with Crippen LogP contribution in [0.5, 0.6) is 5.88 Å². The van der Waals surface area contributed by atoms with E-state index in [1.54, 1.807) is 6.07 Å². The van der Waals surface area contributed by atoms with Crippen LogP contribution < -0.4 is 20.3 Å². The van der Waals surface area contributed by atoms with E-state index in [2.05, 4.69) is 20.6 Å². The maximum Gasteiger partial charge on any atom is 0.244 e. The fraction of sp³-hybridized carbons (Fsp3) is 0.643. The lowest BCUT2D eigenvalue weighted by molar-refractivity contribution is -0.122. The molecule has 1 aliphatic heterocycles. The van der Waals surface area contributed by atoms with E-state index in [4.69, 9.17) is 4.74 Å². The second kappa shape index (κ2) is 7.78. The number of anilines is 1. The molecule has 0 saturated carbocycles. The van der Waals surface area contributed by atoms with Crippen LogP contribution in [0.15, 0.2) is 12.4 Å². The first-order valence-electron chi connectivity index (χ1n) is 7.46. The fourth-order valence-corrected chi connectivity index (χ4v) is 2.28. The van der Waals surface area contributed by atoms with Gasteiger partial charge in [0.15, 0.2) is 0 Å². The molecular formula is C14H23N5O2. The molecule has 2 N–H and O–H groups in total. The van der Waals surface area contributed by atoms with Crippen molar-refractivity contribution < 1.29 is 9.53 Å². The van der Waals surface area contributed by atoms with Crippen molar-refractivity contribution in [3.05, 3.63) is 12.4 Å². The van der Waals surface area contributed by atoms with Crippen molar-refractivity contribution in [2.24, 2.45) is 0 Å². The Morgan fingerprint density at radius 1 is 1.52 bits per heavy atom. The lowest BCUT2D eigenvalue weighted by atomic mass is 10.1. The van der Waals surface area contributed by atoms with E-state index in [1.807, 2.05) is 18.7 Å². The molecule has 1 aromatic heterocycles. The van der Waals surface area contributed by atoms with Crippen LogP contribution >= 0.6 is 0 Å². The van der Waals surface area contributed by atoms with Gasteiger partial charge in [-0.2, -0.15) is 0 Å². The highest BCUT2D eigenvalue weighted by Gasteiger charge is 2.29. The summed E-state index contributed by atoms with van der Waals surface area (Å²) in [7, 11) is 0. The first-order chi connectivity index (χ1) is 10.3. The van der Waals surface area contributed by atoms with Crippen LogP contribution in [0.4, 0.5) is 5.82 Å². The molecule has 0 aliphatic carbocycles. The van der Waals surface area contributed by atoms with E-state index >= 15 is 0 Å².